The minimum absolute atomic E-state index is 0.0934. The summed E-state index contributed by atoms with van der Waals surface area (Å²) in [6.45, 7) is 4.93. The highest BCUT2D eigenvalue weighted by atomic mass is 19.1. The van der Waals surface area contributed by atoms with Crippen molar-refractivity contribution in [3.05, 3.63) is 29.3 Å². The van der Waals surface area contributed by atoms with Crippen LogP contribution in [-0.4, -0.2) is 28.8 Å². The Balaban J connectivity index is 2.26. The number of rotatable bonds is 3. The molecule has 4 nitrogen and oxygen atoms in total. The molecule has 1 N–H and O–H groups in total. The Morgan fingerprint density at radius 2 is 1.95 bits per heavy atom. The molecule has 1 aliphatic heterocycles. The minimum atomic E-state index is -0.921. The number of benzene rings is 1. The SMILES string of the molecule is Cc1ccc(F)c(NC2CC(=O)N(C(C)C)C2=O)c1F. The number of imide groups is 1. The summed E-state index contributed by atoms with van der Waals surface area (Å²) < 4.78 is 27.5. The number of halogens is 2. The van der Waals surface area contributed by atoms with Crippen LogP contribution in [0.3, 0.4) is 0 Å². The summed E-state index contributed by atoms with van der Waals surface area (Å²) in [7, 11) is 0. The van der Waals surface area contributed by atoms with Crippen molar-refractivity contribution in [3.8, 4) is 0 Å². The highest BCUT2D eigenvalue weighted by Gasteiger charge is 2.40. The van der Waals surface area contributed by atoms with E-state index < -0.39 is 23.6 Å². The average Bonchev–Trinajstić information content (AvgIpc) is 2.64. The smallest absolute Gasteiger partial charge is 0.252 e. The van der Waals surface area contributed by atoms with Gasteiger partial charge in [0.05, 0.1) is 6.42 Å². The van der Waals surface area contributed by atoms with Crippen LogP contribution in [0.2, 0.25) is 0 Å². The van der Waals surface area contributed by atoms with Gasteiger partial charge in [-0.1, -0.05) is 6.07 Å². The van der Waals surface area contributed by atoms with Crippen LogP contribution in [0.1, 0.15) is 25.8 Å². The number of carbonyl (C=O) groups is 2. The number of nitrogens with one attached hydrogen (secondary N) is 1. The van der Waals surface area contributed by atoms with Crippen molar-refractivity contribution in [3.63, 3.8) is 0 Å². The topological polar surface area (TPSA) is 49.4 Å². The molecule has 1 unspecified atom stereocenters. The van der Waals surface area contributed by atoms with Crippen LogP contribution >= 0.6 is 0 Å². The average molecular weight is 282 g/mol. The maximum absolute atomic E-state index is 13.9. The quantitative estimate of drug-likeness (QED) is 0.865. The maximum atomic E-state index is 13.9. The molecule has 1 aliphatic rings. The van der Waals surface area contributed by atoms with Gasteiger partial charge in [-0.05, 0) is 32.4 Å². The Hall–Kier alpha value is -1.98. The lowest BCUT2D eigenvalue weighted by atomic mass is 10.1. The van der Waals surface area contributed by atoms with Crippen molar-refractivity contribution in [1.82, 2.24) is 4.90 Å². The molecule has 0 radical (unpaired) electrons. The van der Waals surface area contributed by atoms with E-state index in [0.717, 1.165) is 11.0 Å². The van der Waals surface area contributed by atoms with Gasteiger partial charge in [0, 0.05) is 6.04 Å². The number of carbonyl (C=O) groups excluding carboxylic acids is 2. The van der Waals surface area contributed by atoms with Crippen LogP contribution in [0.4, 0.5) is 14.5 Å². The highest BCUT2D eigenvalue weighted by molar-refractivity contribution is 6.07. The van der Waals surface area contributed by atoms with E-state index in [0.29, 0.717) is 0 Å². The van der Waals surface area contributed by atoms with Crippen LogP contribution in [0.5, 0.6) is 0 Å². The van der Waals surface area contributed by atoms with Gasteiger partial charge in [0.1, 0.15) is 17.5 Å². The first-order valence-corrected chi connectivity index (χ1v) is 6.40. The Morgan fingerprint density at radius 3 is 2.50 bits per heavy atom. The van der Waals surface area contributed by atoms with E-state index in [2.05, 4.69) is 5.32 Å². The van der Waals surface area contributed by atoms with Gasteiger partial charge in [0.2, 0.25) is 5.91 Å². The molecule has 1 aromatic rings. The number of aryl methyl sites for hydroxylation is 1. The number of amides is 2. The van der Waals surface area contributed by atoms with Crippen molar-refractivity contribution in [2.45, 2.75) is 39.3 Å². The molecule has 2 rings (SSSR count). The Labute approximate surface area is 115 Å². The summed E-state index contributed by atoms with van der Waals surface area (Å²) >= 11 is 0. The zero-order valence-electron chi connectivity index (χ0n) is 11.5. The van der Waals surface area contributed by atoms with E-state index >= 15 is 0 Å². The fourth-order valence-corrected chi connectivity index (χ4v) is 2.27. The summed E-state index contributed by atoms with van der Waals surface area (Å²) in [6, 6.07) is 1.25. The van der Waals surface area contributed by atoms with E-state index in [9.17, 15) is 18.4 Å². The molecule has 0 aromatic heterocycles. The van der Waals surface area contributed by atoms with Crippen LogP contribution in [0.15, 0.2) is 12.1 Å². The second-order valence-electron chi connectivity index (χ2n) is 5.15. The number of likely N-dealkylation sites (tertiary alicyclic amines) is 1. The summed E-state index contributed by atoms with van der Waals surface area (Å²) in [6.07, 6.45) is -0.0934. The van der Waals surface area contributed by atoms with Crippen LogP contribution in [-0.2, 0) is 9.59 Å². The fraction of sp³-hybridized carbons (Fsp3) is 0.429. The molecule has 6 heteroatoms. The molecule has 0 spiro atoms. The molecular weight excluding hydrogens is 266 g/mol. The fourth-order valence-electron chi connectivity index (χ4n) is 2.27. The molecule has 1 fully saturated rings. The van der Waals surface area contributed by atoms with Gasteiger partial charge in [-0.2, -0.15) is 0 Å². The summed E-state index contributed by atoms with van der Waals surface area (Å²) in [5.41, 5.74) is -0.0897. The largest absolute Gasteiger partial charge is 0.368 e. The molecule has 0 bridgehead atoms. The van der Waals surface area contributed by atoms with Crippen LogP contribution in [0.25, 0.3) is 0 Å². The van der Waals surface area contributed by atoms with E-state index in [4.69, 9.17) is 0 Å². The van der Waals surface area contributed by atoms with Crippen molar-refractivity contribution in [2.75, 3.05) is 5.32 Å². The van der Waals surface area contributed by atoms with Gasteiger partial charge in [0.15, 0.2) is 5.82 Å². The van der Waals surface area contributed by atoms with Gasteiger partial charge < -0.3 is 5.32 Å². The van der Waals surface area contributed by atoms with Gasteiger partial charge >= 0.3 is 0 Å². The standard InChI is InChI=1S/C14H16F2N2O2/c1-7(2)18-11(19)6-10(14(18)20)17-13-9(15)5-4-8(3)12(13)16/h4-5,7,10,17H,6H2,1-3H3. The number of nitrogens with zero attached hydrogens (tertiary/aromatic N) is 1. The number of hydrogen-bond donors (Lipinski definition) is 1. The zero-order chi connectivity index (χ0) is 15.0. The Kier molecular flexibility index (Phi) is 3.74. The van der Waals surface area contributed by atoms with Crippen molar-refractivity contribution in [2.24, 2.45) is 0 Å². The highest BCUT2D eigenvalue weighted by Crippen LogP contribution is 2.26. The third-order valence-corrected chi connectivity index (χ3v) is 3.30. The molecule has 1 aromatic carbocycles. The Bertz CT molecular complexity index is 573. The number of anilines is 1. The minimum Gasteiger partial charge on any atom is -0.368 e. The first-order valence-electron chi connectivity index (χ1n) is 6.40. The lowest BCUT2D eigenvalue weighted by Crippen LogP contribution is -2.39. The van der Waals surface area contributed by atoms with Crippen molar-refractivity contribution < 1.29 is 18.4 Å². The van der Waals surface area contributed by atoms with Gasteiger partial charge in [-0.25, -0.2) is 8.78 Å². The second-order valence-corrected chi connectivity index (χ2v) is 5.15. The predicted octanol–water partition coefficient (Wildman–Crippen LogP) is 2.22. The van der Waals surface area contributed by atoms with E-state index in [1.807, 2.05) is 0 Å². The molecule has 0 aliphatic carbocycles. The maximum Gasteiger partial charge on any atom is 0.252 e. The normalized spacial score (nSPS) is 19.1. The molecule has 2 amide bonds. The molecule has 108 valence electrons. The zero-order valence-corrected chi connectivity index (χ0v) is 11.5. The molecule has 0 saturated carbocycles. The molecule has 1 saturated heterocycles. The monoisotopic (exact) mass is 282 g/mol. The Morgan fingerprint density at radius 1 is 1.30 bits per heavy atom. The lowest BCUT2D eigenvalue weighted by molar-refractivity contribution is -0.140. The summed E-state index contributed by atoms with van der Waals surface area (Å²) in [5.74, 6) is -2.31. The molecule has 1 heterocycles. The van der Waals surface area contributed by atoms with E-state index in [1.165, 1.54) is 13.0 Å². The van der Waals surface area contributed by atoms with Crippen LogP contribution < -0.4 is 5.32 Å². The number of hydrogen-bond acceptors (Lipinski definition) is 3. The molecule has 1 atom stereocenters. The van der Waals surface area contributed by atoms with Gasteiger partial charge in [-0.3, -0.25) is 14.5 Å². The van der Waals surface area contributed by atoms with E-state index in [1.54, 1.807) is 13.8 Å². The van der Waals surface area contributed by atoms with Gasteiger partial charge in [0.25, 0.3) is 5.91 Å². The second kappa shape index (κ2) is 5.19. The first-order chi connectivity index (χ1) is 9.32. The summed E-state index contributed by atoms with van der Waals surface area (Å²) in [4.78, 5) is 24.9. The first kappa shape index (κ1) is 14.4. The van der Waals surface area contributed by atoms with Crippen molar-refractivity contribution >= 4 is 17.5 Å². The lowest BCUT2D eigenvalue weighted by Gasteiger charge is -2.20. The summed E-state index contributed by atoms with van der Waals surface area (Å²) in [5, 5.41) is 2.52. The molecular formula is C14H16F2N2O2. The van der Waals surface area contributed by atoms with Crippen molar-refractivity contribution in [1.29, 1.82) is 0 Å². The third-order valence-electron chi connectivity index (χ3n) is 3.30. The van der Waals surface area contributed by atoms with Gasteiger partial charge in [-0.15, -0.1) is 0 Å². The van der Waals surface area contributed by atoms with E-state index in [-0.39, 0.29) is 29.6 Å². The predicted molar refractivity (Wildman–Crippen MR) is 70.1 cm³/mol. The van der Waals surface area contributed by atoms with Crippen LogP contribution in [0, 0.1) is 18.6 Å². The third kappa shape index (κ3) is 2.37. The molecule has 20 heavy (non-hydrogen) atoms.